The molecule has 0 saturated carbocycles. The summed E-state index contributed by atoms with van der Waals surface area (Å²) in [6.07, 6.45) is 1.69. The molecule has 0 aliphatic rings. The van der Waals surface area contributed by atoms with Crippen molar-refractivity contribution in [1.82, 2.24) is 4.98 Å². The highest BCUT2D eigenvalue weighted by Gasteiger charge is 2.17. The Hall–Kier alpha value is -1.92. The van der Waals surface area contributed by atoms with Crippen LogP contribution in [0.2, 0.25) is 0 Å². The number of hydrogen-bond donors (Lipinski definition) is 2. The number of nitrogens with one attached hydrogen (secondary N) is 1. The van der Waals surface area contributed by atoms with E-state index in [4.69, 9.17) is 5.73 Å². The average molecular weight is 362 g/mol. The van der Waals surface area contributed by atoms with Gasteiger partial charge >= 0.3 is 0 Å². The minimum atomic E-state index is -0.207. The second-order valence-electron chi connectivity index (χ2n) is 4.58. The van der Waals surface area contributed by atoms with Gasteiger partial charge in [0.2, 0.25) is 0 Å². The van der Waals surface area contributed by atoms with Crippen LogP contribution in [0.25, 0.3) is 10.1 Å². The molecule has 21 heavy (non-hydrogen) atoms. The lowest BCUT2D eigenvalue weighted by Gasteiger charge is -2.06. The fourth-order valence-corrected chi connectivity index (χ4v) is 3.41. The molecule has 106 valence electrons. The van der Waals surface area contributed by atoms with Crippen LogP contribution >= 0.6 is 27.3 Å². The number of halogens is 1. The number of nitrogens with zero attached hydrogens (tertiary/aromatic N) is 1. The van der Waals surface area contributed by atoms with Crippen LogP contribution in [0, 0.1) is 6.92 Å². The maximum atomic E-state index is 12.4. The van der Waals surface area contributed by atoms with Gasteiger partial charge in [-0.2, -0.15) is 0 Å². The first-order valence-corrected chi connectivity index (χ1v) is 7.87. The summed E-state index contributed by atoms with van der Waals surface area (Å²) in [5, 5.41) is 3.75. The Morgan fingerprint density at radius 3 is 2.95 bits per heavy atom. The molecule has 0 atom stereocenters. The molecule has 0 spiro atoms. The van der Waals surface area contributed by atoms with E-state index >= 15 is 0 Å². The van der Waals surface area contributed by atoms with Crippen molar-refractivity contribution in [1.29, 1.82) is 0 Å². The second kappa shape index (κ2) is 5.46. The zero-order valence-electron chi connectivity index (χ0n) is 11.2. The predicted molar refractivity (Wildman–Crippen MR) is 90.9 cm³/mol. The number of benzene rings is 1. The molecule has 0 aliphatic heterocycles. The van der Waals surface area contributed by atoms with Gasteiger partial charge in [0.05, 0.1) is 17.1 Å². The van der Waals surface area contributed by atoms with Crippen molar-refractivity contribution < 1.29 is 4.79 Å². The molecule has 1 amide bonds. The number of carbonyl (C=O) groups is 1. The highest BCUT2D eigenvalue weighted by atomic mass is 79.9. The molecule has 2 aromatic heterocycles. The zero-order chi connectivity index (χ0) is 15.0. The third-order valence-electron chi connectivity index (χ3n) is 3.15. The van der Waals surface area contributed by atoms with E-state index in [0.717, 1.165) is 20.3 Å². The predicted octanol–water partition coefficient (Wildman–Crippen LogP) is 4.20. The number of amides is 1. The van der Waals surface area contributed by atoms with Crippen molar-refractivity contribution in [2.75, 3.05) is 11.1 Å². The number of carbonyl (C=O) groups excluding carboxylic acids is 1. The van der Waals surface area contributed by atoms with E-state index < -0.39 is 0 Å². The van der Waals surface area contributed by atoms with Crippen molar-refractivity contribution in [3.8, 4) is 0 Å². The van der Waals surface area contributed by atoms with Gasteiger partial charge in [0.25, 0.3) is 5.91 Å². The van der Waals surface area contributed by atoms with Gasteiger partial charge in [-0.3, -0.25) is 9.78 Å². The third-order valence-corrected chi connectivity index (χ3v) is 4.83. The van der Waals surface area contributed by atoms with Crippen molar-refractivity contribution in [3.05, 3.63) is 51.6 Å². The molecule has 0 fully saturated rings. The molecular weight excluding hydrogens is 350 g/mol. The van der Waals surface area contributed by atoms with Gasteiger partial charge in [0.1, 0.15) is 4.88 Å². The standard InChI is InChI=1S/C15H12BrN3OS/c1-8-11(3-2-6-18-8)19-15(20)14-13(17)10-7-9(16)4-5-12(10)21-14/h2-7H,17H2,1H3,(H,19,20). The summed E-state index contributed by atoms with van der Waals surface area (Å²) in [6, 6.07) is 9.42. The fourth-order valence-electron chi connectivity index (χ4n) is 2.05. The van der Waals surface area contributed by atoms with E-state index in [0.29, 0.717) is 16.3 Å². The summed E-state index contributed by atoms with van der Waals surface area (Å²) < 4.78 is 1.93. The Morgan fingerprint density at radius 2 is 2.19 bits per heavy atom. The number of aryl methyl sites for hydroxylation is 1. The smallest absolute Gasteiger partial charge is 0.267 e. The number of nitrogen functional groups attached to an aromatic ring is 1. The normalized spacial score (nSPS) is 10.8. The summed E-state index contributed by atoms with van der Waals surface area (Å²) in [7, 11) is 0. The van der Waals surface area contributed by atoms with E-state index in [9.17, 15) is 4.79 Å². The van der Waals surface area contributed by atoms with E-state index in [1.54, 1.807) is 12.3 Å². The highest BCUT2D eigenvalue weighted by molar-refractivity contribution is 9.10. The Bertz CT molecular complexity index is 844. The van der Waals surface area contributed by atoms with Crippen LogP contribution in [0.3, 0.4) is 0 Å². The van der Waals surface area contributed by atoms with Crippen molar-refractivity contribution in [3.63, 3.8) is 0 Å². The van der Waals surface area contributed by atoms with Gasteiger partial charge in [-0.05, 0) is 37.3 Å². The lowest BCUT2D eigenvalue weighted by atomic mass is 10.2. The van der Waals surface area contributed by atoms with Gasteiger partial charge in [-0.15, -0.1) is 11.3 Å². The first-order valence-electron chi connectivity index (χ1n) is 6.27. The quantitative estimate of drug-likeness (QED) is 0.718. The molecule has 0 aliphatic carbocycles. The van der Waals surface area contributed by atoms with Crippen LogP contribution < -0.4 is 11.1 Å². The maximum Gasteiger partial charge on any atom is 0.267 e. The van der Waals surface area contributed by atoms with Crippen LogP contribution in [0.5, 0.6) is 0 Å². The van der Waals surface area contributed by atoms with Gasteiger partial charge in [-0.1, -0.05) is 15.9 Å². The summed E-state index contributed by atoms with van der Waals surface area (Å²) in [4.78, 5) is 17.1. The van der Waals surface area contributed by atoms with Crippen LogP contribution in [0.15, 0.2) is 41.0 Å². The van der Waals surface area contributed by atoms with Crippen molar-refractivity contribution in [2.24, 2.45) is 0 Å². The lowest BCUT2D eigenvalue weighted by molar-refractivity contribution is 0.103. The second-order valence-corrected chi connectivity index (χ2v) is 6.54. The molecule has 2 heterocycles. The Balaban J connectivity index is 1.99. The van der Waals surface area contributed by atoms with E-state index in [2.05, 4.69) is 26.2 Å². The zero-order valence-corrected chi connectivity index (χ0v) is 13.6. The van der Waals surface area contributed by atoms with E-state index in [1.165, 1.54) is 11.3 Å². The molecule has 6 heteroatoms. The largest absolute Gasteiger partial charge is 0.397 e. The number of thiophene rings is 1. The van der Waals surface area contributed by atoms with Crippen LogP contribution in [-0.4, -0.2) is 10.9 Å². The van der Waals surface area contributed by atoms with Gasteiger partial charge in [0, 0.05) is 20.8 Å². The molecule has 0 radical (unpaired) electrons. The first-order chi connectivity index (χ1) is 10.1. The Morgan fingerprint density at radius 1 is 1.38 bits per heavy atom. The van der Waals surface area contributed by atoms with Gasteiger partial charge in [-0.25, -0.2) is 0 Å². The Kier molecular flexibility index (Phi) is 3.65. The van der Waals surface area contributed by atoms with Crippen LogP contribution in [0.4, 0.5) is 11.4 Å². The van der Waals surface area contributed by atoms with E-state index in [-0.39, 0.29) is 5.91 Å². The maximum absolute atomic E-state index is 12.4. The molecule has 0 saturated heterocycles. The summed E-state index contributed by atoms with van der Waals surface area (Å²) >= 11 is 4.80. The molecule has 3 rings (SSSR count). The molecule has 0 bridgehead atoms. The number of fused-ring (bicyclic) bond motifs is 1. The highest BCUT2D eigenvalue weighted by Crippen LogP contribution is 2.35. The number of aromatic nitrogens is 1. The molecule has 0 unspecified atom stereocenters. The summed E-state index contributed by atoms with van der Waals surface area (Å²) in [5.41, 5.74) is 8.09. The molecular formula is C15H12BrN3OS. The SMILES string of the molecule is Cc1ncccc1NC(=O)c1sc2ccc(Br)cc2c1N. The first kappa shape index (κ1) is 14.0. The number of nitrogens with two attached hydrogens (primary N) is 1. The van der Waals surface area contributed by atoms with Gasteiger partial charge < -0.3 is 11.1 Å². The molecule has 1 aromatic carbocycles. The molecule has 3 N–H and O–H groups in total. The van der Waals surface area contributed by atoms with Crippen LogP contribution in [-0.2, 0) is 0 Å². The summed E-state index contributed by atoms with van der Waals surface area (Å²) in [6.45, 7) is 1.85. The topological polar surface area (TPSA) is 68.0 Å². The molecule has 3 aromatic rings. The minimum absolute atomic E-state index is 0.207. The number of anilines is 2. The number of pyridine rings is 1. The minimum Gasteiger partial charge on any atom is -0.397 e. The molecule has 4 nitrogen and oxygen atoms in total. The monoisotopic (exact) mass is 361 g/mol. The average Bonchev–Trinajstić information content (AvgIpc) is 2.79. The Labute approximate surface area is 134 Å². The van der Waals surface area contributed by atoms with Crippen molar-refractivity contribution in [2.45, 2.75) is 6.92 Å². The number of rotatable bonds is 2. The third kappa shape index (κ3) is 2.64. The lowest BCUT2D eigenvalue weighted by Crippen LogP contribution is -2.13. The van der Waals surface area contributed by atoms with Crippen molar-refractivity contribution >= 4 is 54.6 Å². The summed E-state index contributed by atoms with van der Waals surface area (Å²) in [5.74, 6) is -0.207. The number of hydrogen-bond acceptors (Lipinski definition) is 4. The fraction of sp³-hybridized carbons (Fsp3) is 0.0667. The van der Waals surface area contributed by atoms with Crippen LogP contribution in [0.1, 0.15) is 15.4 Å². The van der Waals surface area contributed by atoms with Gasteiger partial charge in [0.15, 0.2) is 0 Å². The van der Waals surface area contributed by atoms with E-state index in [1.807, 2.05) is 31.2 Å².